The van der Waals surface area contributed by atoms with Crippen LogP contribution in [0.5, 0.6) is 0 Å². The van der Waals surface area contributed by atoms with Gasteiger partial charge in [-0.3, -0.25) is 0 Å². The van der Waals surface area contributed by atoms with Gasteiger partial charge in [-0.1, -0.05) is 19.1 Å². The van der Waals surface area contributed by atoms with Gasteiger partial charge < -0.3 is 4.43 Å². The normalized spacial score (nSPS) is 23.2. The Morgan fingerprint density at radius 3 is 2.06 bits per heavy atom. The molecule has 1 saturated heterocycles. The molecule has 5 heteroatoms. The minimum atomic E-state index is -1.41. The largest absolute Gasteiger partial charge is 0.420 e. The van der Waals surface area contributed by atoms with Crippen molar-refractivity contribution in [1.29, 1.82) is 0 Å². The van der Waals surface area contributed by atoms with Crippen LogP contribution in [0.3, 0.4) is 0 Å². The highest BCUT2D eigenvalue weighted by molar-refractivity contribution is 7.80. The molecule has 1 fully saturated rings. The molecule has 1 rings (SSSR count). The minimum Gasteiger partial charge on any atom is -0.420 e. The van der Waals surface area contributed by atoms with Crippen molar-refractivity contribution >= 4 is 40.7 Å². The van der Waals surface area contributed by atoms with Crippen LogP contribution >= 0.6 is 25.3 Å². The molecule has 0 aromatic carbocycles. The molecule has 0 aromatic heterocycles. The topological polar surface area (TPSA) is 9.23 Å². The summed E-state index contributed by atoms with van der Waals surface area (Å²) >= 11 is 8.74. The van der Waals surface area contributed by atoms with Crippen LogP contribution in [0, 0.1) is 0 Å². The summed E-state index contributed by atoms with van der Waals surface area (Å²) in [6.45, 7) is 6.16. The molecule has 1 nitrogen and oxygen atoms in total. The second-order valence-electron chi connectivity index (χ2n) is 5.48. The van der Waals surface area contributed by atoms with E-state index in [1.54, 1.807) is 0 Å². The molecule has 0 amide bonds. The Bertz CT molecular complexity index is 204. The smallest absolute Gasteiger partial charge is 0.179 e. The maximum Gasteiger partial charge on any atom is 0.179 e. The lowest BCUT2D eigenvalue weighted by Crippen LogP contribution is -2.63. The highest BCUT2D eigenvalue weighted by Gasteiger charge is 2.50. The van der Waals surface area contributed by atoms with E-state index in [2.05, 4.69) is 38.4 Å². The Balaban J connectivity index is 2.73. The Labute approximate surface area is 113 Å². The van der Waals surface area contributed by atoms with Crippen molar-refractivity contribution in [2.24, 2.45) is 0 Å². The monoisotopic (exact) mass is 294 g/mol. The Morgan fingerprint density at radius 1 is 1.06 bits per heavy atom. The zero-order valence-electron chi connectivity index (χ0n) is 10.7. The minimum absolute atomic E-state index is 1.02. The molecule has 0 unspecified atom stereocenters. The molecule has 96 valence electrons. The zero-order chi connectivity index (χ0) is 12.1. The fraction of sp³-hybridized carbons (Fsp3) is 1.00. The van der Waals surface area contributed by atoms with Gasteiger partial charge in [-0.25, -0.2) is 0 Å². The fourth-order valence-corrected chi connectivity index (χ4v) is 18.1. The first-order valence-corrected chi connectivity index (χ1v) is 14.2. The Kier molecular flexibility index (Phi) is 6.51. The number of rotatable bonds is 6. The van der Waals surface area contributed by atoms with E-state index in [1.807, 2.05) is 0 Å². The maximum absolute atomic E-state index is 6.42. The van der Waals surface area contributed by atoms with Crippen molar-refractivity contribution in [3.05, 3.63) is 0 Å². The Hall–Kier alpha value is 1.09. The molecule has 0 N–H and O–H groups in total. The summed E-state index contributed by atoms with van der Waals surface area (Å²) < 4.78 is 6.42. The van der Waals surface area contributed by atoms with Crippen LogP contribution < -0.4 is 0 Å². The predicted molar refractivity (Wildman–Crippen MR) is 85.2 cm³/mol. The van der Waals surface area contributed by atoms with Crippen LogP contribution in [0.15, 0.2) is 0 Å². The molecular formula is C11H26OS2Si2. The summed E-state index contributed by atoms with van der Waals surface area (Å²) in [6.07, 6.45) is 3.80. The van der Waals surface area contributed by atoms with E-state index in [9.17, 15) is 0 Å². The van der Waals surface area contributed by atoms with Crippen LogP contribution in [-0.2, 0) is 4.43 Å². The van der Waals surface area contributed by atoms with Crippen LogP contribution in [-0.4, -0.2) is 33.5 Å². The summed E-state index contributed by atoms with van der Waals surface area (Å²) in [7, 11) is -2.51. The van der Waals surface area contributed by atoms with E-state index in [0.29, 0.717) is 0 Å². The quantitative estimate of drug-likeness (QED) is 0.560. The van der Waals surface area contributed by atoms with E-state index in [0.717, 1.165) is 18.1 Å². The van der Waals surface area contributed by atoms with Gasteiger partial charge in [0.05, 0.1) is 7.59 Å². The number of hydrogen-bond acceptors (Lipinski definition) is 3. The predicted octanol–water partition coefficient (Wildman–Crippen LogP) is 3.78. The average molecular weight is 295 g/mol. The molecular weight excluding hydrogens is 268 g/mol. The molecule has 0 spiro atoms. The third-order valence-corrected chi connectivity index (χ3v) is 21.9. The summed E-state index contributed by atoms with van der Waals surface area (Å²) in [5, 5.41) is 0. The summed E-state index contributed by atoms with van der Waals surface area (Å²) in [5.74, 6) is 2.03. The molecule has 1 aliphatic heterocycles. The van der Waals surface area contributed by atoms with Crippen LogP contribution in [0.4, 0.5) is 0 Å². The van der Waals surface area contributed by atoms with E-state index in [1.165, 1.54) is 37.4 Å². The second-order valence-corrected chi connectivity index (χ2v) is 20.7. The molecule has 1 aliphatic rings. The molecule has 0 radical (unpaired) electrons. The summed E-state index contributed by atoms with van der Waals surface area (Å²) in [4.78, 5) is 0. The maximum atomic E-state index is 6.42. The third kappa shape index (κ3) is 3.54. The van der Waals surface area contributed by atoms with Crippen molar-refractivity contribution in [3.63, 3.8) is 0 Å². The van der Waals surface area contributed by atoms with Gasteiger partial charge in [-0.2, -0.15) is 25.3 Å². The molecule has 0 aliphatic carbocycles. The van der Waals surface area contributed by atoms with Gasteiger partial charge >= 0.3 is 0 Å². The van der Waals surface area contributed by atoms with Gasteiger partial charge in [-0.05, 0) is 42.9 Å². The lowest BCUT2D eigenvalue weighted by atomic mass is 10.5. The second kappa shape index (κ2) is 6.87. The van der Waals surface area contributed by atoms with Gasteiger partial charge in [0.1, 0.15) is 0 Å². The summed E-state index contributed by atoms with van der Waals surface area (Å²) in [6, 6.07) is 4.19. The highest BCUT2D eigenvalue weighted by Crippen LogP contribution is 2.38. The van der Waals surface area contributed by atoms with Crippen molar-refractivity contribution < 1.29 is 4.43 Å². The highest BCUT2D eigenvalue weighted by atomic mass is 32.1. The summed E-state index contributed by atoms with van der Waals surface area (Å²) in [5.41, 5.74) is 0. The third-order valence-electron chi connectivity index (χ3n) is 4.04. The lowest BCUT2D eigenvalue weighted by molar-refractivity contribution is 0.297. The van der Waals surface area contributed by atoms with Crippen LogP contribution in [0.2, 0.25) is 31.2 Å². The molecule has 0 bridgehead atoms. The van der Waals surface area contributed by atoms with E-state index < -0.39 is 15.4 Å². The van der Waals surface area contributed by atoms with Gasteiger partial charge in [0.15, 0.2) is 7.83 Å². The standard InChI is InChI=1S/C11H26OS2Si2/c1-15(2)9-3-6-12-16(15,10-4-7-13)11-5-8-14/h13-14H,3-11H2,1-2H3. The Morgan fingerprint density at radius 2 is 1.62 bits per heavy atom. The van der Waals surface area contributed by atoms with E-state index in [4.69, 9.17) is 4.43 Å². The van der Waals surface area contributed by atoms with Gasteiger partial charge in [0.2, 0.25) is 0 Å². The SMILES string of the molecule is C[Si]1(C)CCCO[Si]1(CCCS)CCCS. The molecule has 0 saturated carbocycles. The first-order chi connectivity index (χ1) is 7.58. The molecule has 0 aromatic rings. The van der Waals surface area contributed by atoms with Gasteiger partial charge in [-0.15, -0.1) is 0 Å². The van der Waals surface area contributed by atoms with Crippen molar-refractivity contribution in [2.45, 2.75) is 50.5 Å². The van der Waals surface area contributed by atoms with Crippen LogP contribution in [0.1, 0.15) is 19.3 Å². The molecule has 16 heavy (non-hydrogen) atoms. The zero-order valence-corrected chi connectivity index (χ0v) is 14.5. The molecule has 0 atom stereocenters. The van der Waals surface area contributed by atoms with Crippen molar-refractivity contribution in [3.8, 4) is 0 Å². The fourth-order valence-electron chi connectivity index (χ4n) is 2.88. The van der Waals surface area contributed by atoms with Crippen molar-refractivity contribution in [1.82, 2.24) is 0 Å². The first-order valence-electron chi connectivity index (χ1n) is 6.44. The number of thiol groups is 2. The van der Waals surface area contributed by atoms with Gasteiger partial charge in [0, 0.05) is 6.61 Å². The van der Waals surface area contributed by atoms with E-state index >= 15 is 0 Å². The number of hydrogen-bond donors (Lipinski definition) is 2. The van der Waals surface area contributed by atoms with Crippen molar-refractivity contribution in [2.75, 3.05) is 18.1 Å². The van der Waals surface area contributed by atoms with Crippen LogP contribution in [0.25, 0.3) is 0 Å². The first kappa shape index (κ1) is 15.2. The van der Waals surface area contributed by atoms with Gasteiger partial charge in [0.25, 0.3) is 0 Å². The van der Waals surface area contributed by atoms with E-state index in [-0.39, 0.29) is 0 Å². The average Bonchev–Trinajstić information content (AvgIpc) is 2.26. The lowest BCUT2D eigenvalue weighted by Gasteiger charge is -2.47. The molecule has 1 heterocycles.